The second-order valence-electron chi connectivity index (χ2n) is 3.33. The van der Waals surface area contributed by atoms with Crippen LogP contribution in [0.2, 0.25) is 0 Å². The number of guanidine groups is 1. The zero-order valence-electron chi connectivity index (χ0n) is 8.40. The molecule has 4 nitrogen and oxygen atoms in total. The summed E-state index contributed by atoms with van der Waals surface area (Å²) >= 11 is 1.69. The van der Waals surface area contributed by atoms with Crippen LogP contribution >= 0.6 is 11.3 Å². The van der Waals surface area contributed by atoms with Gasteiger partial charge in [0, 0.05) is 17.6 Å². The number of rotatable bonds is 2. The van der Waals surface area contributed by atoms with Crippen LogP contribution in [-0.2, 0) is 0 Å². The summed E-state index contributed by atoms with van der Waals surface area (Å²) in [5, 5.41) is 3.19. The molecule has 1 aromatic heterocycles. The van der Waals surface area contributed by atoms with Crippen LogP contribution in [0.4, 0.5) is 0 Å². The van der Waals surface area contributed by atoms with Crippen molar-refractivity contribution >= 4 is 17.3 Å². The summed E-state index contributed by atoms with van der Waals surface area (Å²) in [5.41, 5.74) is 6.85. The van der Waals surface area contributed by atoms with Crippen LogP contribution in [0.25, 0.3) is 0 Å². The molecule has 0 spiro atoms. The highest BCUT2D eigenvalue weighted by atomic mass is 32.1. The molecule has 0 radical (unpaired) electrons. The second-order valence-corrected chi connectivity index (χ2v) is 4.22. The van der Waals surface area contributed by atoms with Crippen molar-refractivity contribution in [3.05, 3.63) is 16.1 Å². The van der Waals surface area contributed by atoms with Crippen molar-refractivity contribution in [1.29, 1.82) is 0 Å². The molecule has 0 aliphatic carbocycles. The standard InChI is InChI=1S/C9H14N4S/c1-3-13-7(4-11-9(13)10)8-12-6(2)5-14-8/h5,7H,3-4H2,1-2H3,(H2,10,11). The highest BCUT2D eigenvalue weighted by Crippen LogP contribution is 2.27. The van der Waals surface area contributed by atoms with Crippen molar-refractivity contribution < 1.29 is 0 Å². The molecule has 2 heterocycles. The van der Waals surface area contributed by atoms with E-state index >= 15 is 0 Å². The molecule has 0 fully saturated rings. The van der Waals surface area contributed by atoms with Crippen molar-refractivity contribution in [3.63, 3.8) is 0 Å². The number of aliphatic imine (C=N–C) groups is 1. The van der Waals surface area contributed by atoms with E-state index in [4.69, 9.17) is 5.73 Å². The molecule has 2 rings (SSSR count). The Morgan fingerprint density at radius 1 is 1.71 bits per heavy atom. The molecule has 14 heavy (non-hydrogen) atoms. The van der Waals surface area contributed by atoms with E-state index in [2.05, 4.69) is 27.2 Å². The second kappa shape index (κ2) is 3.57. The Balaban J connectivity index is 2.21. The van der Waals surface area contributed by atoms with Gasteiger partial charge in [0.25, 0.3) is 0 Å². The Morgan fingerprint density at radius 2 is 2.50 bits per heavy atom. The Hall–Kier alpha value is -1.10. The van der Waals surface area contributed by atoms with Crippen LogP contribution < -0.4 is 5.73 Å². The van der Waals surface area contributed by atoms with Crippen molar-refractivity contribution in [2.75, 3.05) is 13.1 Å². The third-order valence-corrected chi connectivity index (χ3v) is 3.42. The molecule has 0 saturated carbocycles. The molecule has 0 aromatic carbocycles. The predicted molar refractivity (Wildman–Crippen MR) is 58.5 cm³/mol. The lowest BCUT2D eigenvalue weighted by Gasteiger charge is -2.22. The zero-order chi connectivity index (χ0) is 10.1. The maximum atomic E-state index is 5.78. The van der Waals surface area contributed by atoms with Crippen LogP contribution in [0.5, 0.6) is 0 Å². The molecule has 0 amide bonds. The average Bonchev–Trinajstić information content (AvgIpc) is 2.71. The maximum Gasteiger partial charge on any atom is 0.191 e. The van der Waals surface area contributed by atoms with Gasteiger partial charge in [0.15, 0.2) is 5.96 Å². The molecule has 1 atom stereocenters. The molecule has 5 heteroatoms. The van der Waals surface area contributed by atoms with Gasteiger partial charge in [-0.15, -0.1) is 11.3 Å². The monoisotopic (exact) mass is 210 g/mol. The van der Waals surface area contributed by atoms with E-state index in [0.717, 1.165) is 23.8 Å². The first-order valence-electron chi connectivity index (χ1n) is 4.71. The Bertz CT molecular complexity index is 357. The molecular formula is C9H14N4S. The van der Waals surface area contributed by atoms with E-state index in [-0.39, 0.29) is 6.04 Å². The molecule has 1 aliphatic heterocycles. The van der Waals surface area contributed by atoms with Gasteiger partial charge in [0.2, 0.25) is 0 Å². The highest BCUT2D eigenvalue weighted by molar-refractivity contribution is 7.09. The first kappa shape index (κ1) is 9.45. The molecule has 1 aromatic rings. The summed E-state index contributed by atoms with van der Waals surface area (Å²) in [6.07, 6.45) is 0. The minimum Gasteiger partial charge on any atom is -0.370 e. The molecule has 76 valence electrons. The lowest BCUT2D eigenvalue weighted by Crippen LogP contribution is -2.35. The van der Waals surface area contributed by atoms with E-state index in [1.165, 1.54) is 0 Å². The maximum absolute atomic E-state index is 5.78. The number of aryl methyl sites for hydroxylation is 1. The Kier molecular flexibility index (Phi) is 2.41. The van der Waals surface area contributed by atoms with Gasteiger partial charge in [-0.3, -0.25) is 4.99 Å². The normalized spacial score (nSPS) is 21.4. The van der Waals surface area contributed by atoms with Crippen molar-refractivity contribution in [1.82, 2.24) is 9.88 Å². The number of nitrogens with two attached hydrogens (primary N) is 1. The molecular weight excluding hydrogens is 196 g/mol. The van der Waals surface area contributed by atoms with Crippen molar-refractivity contribution in [2.24, 2.45) is 10.7 Å². The van der Waals surface area contributed by atoms with Gasteiger partial charge in [-0.05, 0) is 13.8 Å². The van der Waals surface area contributed by atoms with Crippen LogP contribution in [-0.4, -0.2) is 28.9 Å². The van der Waals surface area contributed by atoms with Gasteiger partial charge in [0.1, 0.15) is 11.0 Å². The Morgan fingerprint density at radius 3 is 3.07 bits per heavy atom. The number of thiazole rings is 1. The number of hydrogen-bond acceptors (Lipinski definition) is 5. The summed E-state index contributed by atoms with van der Waals surface area (Å²) < 4.78 is 0. The summed E-state index contributed by atoms with van der Waals surface area (Å²) in [5.74, 6) is 0.644. The lowest BCUT2D eigenvalue weighted by molar-refractivity contribution is 0.363. The molecule has 0 saturated heterocycles. The SMILES string of the molecule is CCN1C(N)=NCC1c1nc(C)cs1. The van der Waals surface area contributed by atoms with Gasteiger partial charge in [0.05, 0.1) is 6.54 Å². The minimum atomic E-state index is 0.263. The van der Waals surface area contributed by atoms with Crippen LogP contribution in [0.3, 0.4) is 0 Å². The minimum absolute atomic E-state index is 0.263. The van der Waals surface area contributed by atoms with Gasteiger partial charge in [-0.1, -0.05) is 0 Å². The fraction of sp³-hybridized carbons (Fsp3) is 0.556. The topological polar surface area (TPSA) is 54.5 Å². The quantitative estimate of drug-likeness (QED) is 0.796. The first-order valence-corrected chi connectivity index (χ1v) is 5.59. The summed E-state index contributed by atoms with van der Waals surface area (Å²) in [6.45, 7) is 5.72. The average molecular weight is 210 g/mol. The van der Waals surface area contributed by atoms with E-state index in [0.29, 0.717) is 5.96 Å². The first-order chi connectivity index (χ1) is 6.72. The van der Waals surface area contributed by atoms with E-state index in [1.807, 2.05) is 6.92 Å². The summed E-state index contributed by atoms with van der Waals surface area (Å²) in [6, 6.07) is 0.263. The third kappa shape index (κ3) is 1.48. The molecule has 1 unspecified atom stereocenters. The Labute approximate surface area is 87.5 Å². The zero-order valence-corrected chi connectivity index (χ0v) is 9.21. The van der Waals surface area contributed by atoms with Crippen LogP contribution in [0.1, 0.15) is 23.7 Å². The largest absolute Gasteiger partial charge is 0.370 e. The fourth-order valence-corrected chi connectivity index (χ4v) is 2.55. The van der Waals surface area contributed by atoms with Gasteiger partial charge < -0.3 is 10.6 Å². The molecule has 0 bridgehead atoms. The fourth-order valence-electron chi connectivity index (χ4n) is 1.65. The highest BCUT2D eigenvalue weighted by Gasteiger charge is 2.27. The van der Waals surface area contributed by atoms with E-state index < -0.39 is 0 Å². The van der Waals surface area contributed by atoms with E-state index in [9.17, 15) is 0 Å². The van der Waals surface area contributed by atoms with Crippen LogP contribution in [0.15, 0.2) is 10.4 Å². The summed E-state index contributed by atoms with van der Waals surface area (Å²) in [7, 11) is 0. The van der Waals surface area contributed by atoms with Crippen LogP contribution in [0, 0.1) is 6.92 Å². The van der Waals surface area contributed by atoms with Crippen molar-refractivity contribution in [2.45, 2.75) is 19.9 Å². The lowest BCUT2D eigenvalue weighted by atomic mass is 10.3. The molecule has 2 N–H and O–H groups in total. The van der Waals surface area contributed by atoms with Gasteiger partial charge in [-0.2, -0.15) is 0 Å². The van der Waals surface area contributed by atoms with Crippen molar-refractivity contribution in [3.8, 4) is 0 Å². The number of aromatic nitrogens is 1. The van der Waals surface area contributed by atoms with Gasteiger partial charge >= 0.3 is 0 Å². The predicted octanol–water partition coefficient (Wildman–Crippen LogP) is 1.14. The van der Waals surface area contributed by atoms with Gasteiger partial charge in [-0.25, -0.2) is 4.98 Å². The summed E-state index contributed by atoms with van der Waals surface area (Å²) in [4.78, 5) is 10.8. The smallest absolute Gasteiger partial charge is 0.191 e. The number of nitrogens with zero attached hydrogens (tertiary/aromatic N) is 3. The number of likely N-dealkylation sites (N-methyl/N-ethyl adjacent to an activating group) is 1. The third-order valence-electron chi connectivity index (χ3n) is 2.36. The molecule has 1 aliphatic rings. The van der Waals surface area contributed by atoms with E-state index in [1.54, 1.807) is 11.3 Å². The number of hydrogen-bond donors (Lipinski definition) is 1.